The molecule has 0 unspecified atom stereocenters. The van der Waals surface area contributed by atoms with Gasteiger partial charge in [-0.25, -0.2) is 0 Å². The van der Waals surface area contributed by atoms with Gasteiger partial charge in [-0.2, -0.15) is 0 Å². The fourth-order valence-electron chi connectivity index (χ4n) is 0.408. The van der Waals surface area contributed by atoms with Crippen LogP contribution in [0.25, 0.3) is 0 Å². The normalized spacial score (nSPS) is 8.77. The molecule has 14 heteroatoms. The molecule has 0 saturated carbocycles. The summed E-state index contributed by atoms with van der Waals surface area (Å²) < 4.78 is 0. The van der Waals surface area contributed by atoms with Crippen LogP contribution in [0.15, 0.2) is 36.5 Å². The number of carbonyl (C=O) groups is 6. The van der Waals surface area contributed by atoms with Crippen molar-refractivity contribution in [3.8, 4) is 0 Å². The molecule has 0 aromatic rings. The summed E-state index contributed by atoms with van der Waals surface area (Å²) in [5.74, 6) is -9.28. The van der Waals surface area contributed by atoms with Gasteiger partial charge in [0.05, 0.1) is 35.8 Å². The topological polar surface area (TPSA) is 241 Å². The molecule has 0 amide bonds. The molecule has 0 aromatic carbocycles. The van der Waals surface area contributed by atoms with E-state index in [0.717, 1.165) is 0 Å². The molecular formula is C12H6Al2O12. The zero-order valence-electron chi connectivity index (χ0n) is 12.5. The molecule has 0 aliphatic carbocycles. The Hall–Kier alpha value is -2.90. The number of carboxylic acid groups (broad SMARTS) is 6. The predicted octanol–water partition coefficient (Wildman–Crippen LogP) is -9.63. The SMILES string of the molecule is O=C([O-])/C=C/C(=O)[O-].O=C([O-])/C=C/C(=O)[O-].O=C([O-])/C=C/C(=O)[O-].[Al+3].[Al+3]. The summed E-state index contributed by atoms with van der Waals surface area (Å²) in [4.78, 5) is 56.5. The minimum atomic E-state index is -1.55. The summed E-state index contributed by atoms with van der Waals surface area (Å²) in [7, 11) is 0. The quantitative estimate of drug-likeness (QED) is 0.300. The van der Waals surface area contributed by atoms with Crippen molar-refractivity contribution in [1.29, 1.82) is 0 Å². The molecule has 0 aliphatic rings. The molecule has 12 nitrogen and oxygen atoms in total. The van der Waals surface area contributed by atoms with Gasteiger partial charge in [0.2, 0.25) is 0 Å². The number of aliphatic carboxylic acids is 6. The van der Waals surface area contributed by atoms with Crippen LogP contribution in [0, 0.1) is 0 Å². The van der Waals surface area contributed by atoms with Gasteiger partial charge in [-0.3, -0.25) is 0 Å². The smallest absolute Gasteiger partial charge is 0.545 e. The maximum atomic E-state index is 9.41. The maximum Gasteiger partial charge on any atom is 3.00 e. The Bertz CT molecular complexity index is 448. The Morgan fingerprint density at radius 2 is 0.423 bits per heavy atom. The minimum Gasteiger partial charge on any atom is -0.545 e. The van der Waals surface area contributed by atoms with E-state index in [4.69, 9.17) is 0 Å². The fraction of sp³-hybridized carbons (Fsp3) is 0. The van der Waals surface area contributed by atoms with Crippen molar-refractivity contribution in [2.75, 3.05) is 0 Å². The van der Waals surface area contributed by atoms with Crippen LogP contribution in [0.2, 0.25) is 0 Å². The van der Waals surface area contributed by atoms with E-state index in [1.165, 1.54) is 0 Å². The summed E-state index contributed by atoms with van der Waals surface area (Å²) in [6.07, 6.45) is 2.31. The third kappa shape index (κ3) is 58.2. The maximum absolute atomic E-state index is 9.41. The summed E-state index contributed by atoms with van der Waals surface area (Å²) >= 11 is 0. The molecule has 0 rings (SSSR count). The monoisotopic (exact) mass is 396 g/mol. The largest absolute Gasteiger partial charge is 3.00 e. The Balaban J connectivity index is -0.0000000817. The summed E-state index contributed by atoms with van der Waals surface area (Å²) in [5, 5.41) is 56.5. The first-order valence-corrected chi connectivity index (χ1v) is 5.18. The Kier molecular flexibility index (Phi) is 29.3. The zero-order valence-corrected chi connectivity index (χ0v) is 14.8. The first-order valence-electron chi connectivity index (χ1n) is 5.18. The number of carbonyl (C=O) groups excluding carboxylic acids is 6. The number of hydrogen-bond donors (Lipinski definition) is 0. The third-order valence-electron chi connectivity index (χ3n) is 1.07. The van der Waals surface area contributed by atoms with Crippen LogP contribution in [0.1, 0.15) is 0 Å². The van der Waals surface area contributed by atoms with Gasteiger partial charge in [0.25, 0.3) is 0 Å². The Morgan fingerprint density at radius 3 is 0.462 bits per heavy atom. The van der Waals surface area contributed by atoms with Crippen LogP contribution < -0.4 is 30.6 Å². The molecule has 0 fully saturated rings. The van der Waals surface area contributed by atoms with Crippen molar-refractivity contribution in [3.63, 3.8) is 0 Å². The summed E-state index contributed by atoms with van der Waals surface area (Å²) in [5.41, 5.74) is 0. The number of rotatable bonds is 6. The van der Waals surface area contributed by atoms with E-state index in [9.17, 15) is 59.4 Å². The standard InChI is InChI=1S/3C4H4O4.2Al/c3*5-3(6)1-2-4(7)8;;/h3*1-2H,(H,5,6)(H,7,8);;/q;;;2*+3/p-6/b3*2-1+;;. The molecule has 0 spiro atoms. The van der Waals surface area contributed by atoms with Crippen molar-refractivity contribution >= 4 is 70.5 Å². The molecule has 0 aromatic heterocycles. The van der Waals surface area contributed by atoms with Crippen LogP contribution >= 0.6 is 0 Å². The van der Waals surface area contributed by atoms with Crippen LogP contribution in [0.4, 0.5) is 0 Å². The summed E-state index contributed by atoms with van der Waals surface area (Å²) in [6.45, 7) is 0. The van der Waals surface area contributed by atoms with Gasteiger partial charge in [-0.1, -0.05) is 0 Å². The first kappa shape index (κ1) is 34.4. The molecule has 0 atom stereocenters. The third-order valence-corrected chi connectivity index (χ3v) is 1.07. The van der Waals surface area contributed by atoms with E-state index in [1.807, 2.05) is 0 Å². The van der Waals surface area contributed by atoms with E-state index in [1.54, 1.807) is 0 Å². The predicted molar refractivity (Wildman–Crippen MR) is 69.0 cm³/mol. The number of carboxylic acids is 6. The van der Waals surface area contributed by atoms with Crippen molar-refractivity contribution in [1.82, 2.24) is 0 Å². The molecule has 26 heavy (non-hydrogen) atoms. The fourth-order valence-corrected chi connectivity index (χ4v) is 0.408. The van der Waals surface area contributed by atoms with Gasteiger partial charge in [0, 0.05) is 0 Å². The van der Waals surface area contributed by atoms with Crippen LogP contribution in [-0.4, -0.2) is 70.5 Å². The van der Waals surface area contributed by atoms with Crippen molar-refractivity contribution in [2.24, 2.45) is 0 Å². The van der Waals surface area contributed by atoms with Crippen molar-refractivity contribution < 1.29 is 59.4 Å². The zero-order chi connectivity index (χ0) is 19.7. The molecule has 0 aliphatic heterocycles. The van der Waals surface area contributed by atoms with Crippen molar-refractivity contribution in [2.45, 2.75) is 0 Å². The van der Waals surface area contributed by atoms with Crippen LogP contribution in [0.3, 0.4) is 0 Å². The molecule has 0 saturated heterocycles. The van der Waals surface area contributed by atoms with Gasteiger partial charge in [-0.05, 0) is 36.5 Å². The summed E-state index contributed by atoms with van der Waals surface area (Å²) in [6, 6.07) is 0. The average Bonchev–Trinajstić information content (AvgIpc) is 2.42. The molecule has 0 N–H and O–H groups in total. The van der Waals surface area contributed by atoms with E-state index >= 15 is 0 Å². The minimum absolute atomic E-state index is 0. The second-order valence-corrected chi connectivity index (χ2v) is 2.91. The van der Waals surface area contributed by atoms with E-state index in [0.29, 0.717) is 36.5 Å². The second-order valence-electron chi connectivity index (χ2n) is 2.91. The van der Waals surface area contributed by atoms with Crippen LogP contribution in [-0.2, 0) is 28.8 Å². The number of hydrogen-bond acceptors (Lipinski definition) is 12. The van der Waals surface area contributed by atoms with Gasteiger partial charge in [0.15, 0.2) is 0 Å². The Labute approximate surface area is 166 Å². The van der Waals surface area contributed by atoms with Gasteiger partial charge < -0.3 is 59.4 Å². The second kappa shape index (κ2) is 22.1. The first-order chi connectivity index (χ1) is 10.9. The van der Waals surface area contributed by atoms with E-state index in [-0.39, 0.29) is 34.7 Å². The molecular weight excluding hydrogens is 390 g/mol. The molecule has 132 valence electrons. The average molecular weight is 396 g/mol. The van der Waals surface area contributed by atoms with Gasteiger partial charge in [-0.15, -0.1) is 0 Å². The van der Waals surface area contributed by atoms with Gasteiger partial charge in [0.1, 0.15) is 0 Å². The van der Waals surface area contributed by atoms with Gasteiger partial charge >= 0.3 is 34.7 Å². The molecule has 0 bridgehead atoms. The van der Waals surface area contributed by atoms with Crippen LogP contribution in [0.5, 0.6) is 0 Å². The van der Waals surface area contributed by atoms with Crippen molar-refractivity contribution in [3.05, 3.63) is 36.5 Å². The van der Waals surface area contributed by atoms with E-state index in [2.05, 4.69) is 0 Å². The van der Waals surface area contributed by atoms with E-state index < -0.39 is 35.8 Å². The molecule has 0 radical (unpaired) electrons. The Morgan fingerprint density at radius 1 is 0.346 bits per heavy atom. The molecule has 0 heterocycles.